The van der Waals surface area contributed by atoms with E-state index in [1.807, 2.05) is 42.6 Å². The molecule has 0 aliphatic carbocycles. The molecule has 1 saturated heterocycles. The molecule has 3 aromatic rings. The molecule has 0 unspecified atom stereocenters. The molecule has 10 heteroatoms. The molecule has 202 valence electrons. The molecule has 5 rings (SSSR count). The Bertz CT molecular complexity index is 1350. The third-order valence-corrected chi connectivity index (χ3v) is 10.1. The Morgan fingerprint density at radius 1 is 1.16 bits per heavy atom. The van der Waals surface area contributed by atoms with Gasteiger partial charge in [-0.2, -0.15) is 4.31 Å². The van der Waals surface area contributed by atoms with E-state index in [0.717, 1.165) is 36.1 Å². The van der Waals surface area contributed by atoms with Gasteiger partial charge in [0, 0.05) is 29.6 Å². The average Bonchev–Trinajstić information content (AvgIpc) is 3.60. The summed E-state index contributed by atoms with van der Waals surface area (Å²) in [4.78, 5) is 16.9. The maximum atomic E-state index is 13.8. The van der Waals surface area contributed by atoms with Gasteiger partial charge >= 0.3 is 0 Å². The fourth-order valence-electron chi connectivity index (χ4n) is 4.94. The average molecular weight is 575 g/mol. The number of halogens is 1. The van der Waals surface area contributed by atoms with E-state index >= 15 is 0 Å². The van der Waals surface area contributed by atoms with Gasteiger partial charge in [-0.15, -0.1) is 11.3 Å². The van der Waals surface area contributed by atoms with Crippen LogP contribution in [0.2, 0.25) is 5.02 Å². The number of carbonyl (C=O) groups excluding carboxylic acids is 1. The van der Waals surface area contributed by atoms with Gasteiger partial charge in [0.2, 0.25) is 15.9 Å². The van der Waals surface area contributed by atoms with Crippen LogP contribution in [0.3, 0.4) is 0 Å². The number of benzene rings is 2. The Balaban J connectivity index is 1.38. The van der Waals surface area contributed by atoms with Crippen molar-refractivity contribution in [3.05, 3.63) is 81.0 Å². The Kier molecular flexibility index (Phi) is 8.40. The van der Waals surface area contributed by atoms with Crippen molar-refractivity contribution in [3.8, 4) is 5.75 Å². The van der Waals surface area contributed by atoms with E-state index in [9.17, 15) is 13.2 Å². The van der Waals surface area contributed by atoms with E-state index in [1.54, 1.807) is 28.4 Å². The topological polar surface area (TPSA) is 76.2 Å². The Labute approximate surface area is 233 Å². The van der Waals surface area contributed by atoms with Crippen molar-refractivity contribution >= 4 is 38.9 Å². The van der Waals surface area contributed by atoms with Crippen LogP contribution in [-0.2, 0) is 26.0 Å². The first-order chi connectivity index (χ1) is 18.3. The SMILES string of the molecule is Cc1ccc(OC[C@@H]2c3ccsc3CCN2C(=O)CN(C[C@H]2CCCO2)S(=O)(=O)c2ccc(Cl)cc2)cc1. The molecular formula is C28H31ClN2O5S2. The van der Waals surface area contributed by atoms with Crippen LogP contribution in [0.15, 0.2) is 64.9 Å². The highest BCUT2D eigenvalue weighted by atomic mass is 35.5. The third-order valence-electron chi connectivity index (χ3n) is 7.04. The highest BCUT2D eigenvalue weighted by molar-refractivity contribution is 7.89. The zero-order valence-electron chi connectivity index (χ0n) is 21.2. The molecule has 38 heavy (non-hydrogen) atoms. The molecular weight excluding hydrogens is 544 g/mol. The van der Waals surface area contributed by atoms with Crippen molar-refractivity contribution in [2.24, 2.45) is 0 Å². The van der Waals surface area contributed by atoms with Crippen LogP contribution >= 0.6 is 22.9 Å². The van der Waals surface area contributed by atoms with E-state index in [0.29, 0.717) is 18.2 Å². The Morgan fingerprint density at radius 3 is 2.63 bits per heavy atom. The van der Waals surface area contributed by atoms with E-state index in [4.69, 9.17) is 21.1 Å². The van der Waals surface area contributed by atoms with Crippen molar-refractivity contribution in [2.45, 2.75) is 43.2 Å². The van der Waals surface area contributed by atoms with E-state index in [1.165, 1.54) is 21.3 Å². The first-order valence-corrected chi connectivity index (χ1v) is 15.4. The second-order valence-corrected chi connectivity index (χ2v) is 13.0. The third kappa shape index (κ3) is 6.07. The van der Waals surface area contributed by atoms with Crippen LogP contribution in [-0.4, -0.2) is 62.5 Å². The summed E-state index contributed by atoms with van der Waals surface area (Å²) in [5, 5.41) is 2.48. The molecule has 0 spiro atoms. The Hall–Kier alpha value is -2.43. The number of rotatable bonds is 9. The van der Waals surface area contributed by atoms with Crippen molar-refractivity contribution in [1.82, 2.24) is 9.21 Å². The van der Waals surface area contributed by atoms with Gasteiger partial charge in [-0.25, -0.2) is 8.42 Å². The number of ether oxygens (including phenoxy) is 2. The van der Waals surface area contributed by atoms with Gasteiger partial charge in [0.05, 0.1) is 23.6 Å². The molecule has 2 aliphatic heterocycles. The molecule has 0 radical (unpaired) electrons. The van der Waals surface area contributed by atoms with Crippen LogP contribution in [0, 0.1) is 6.92 Å². The van der Waals surface area contributed by atoms with Crippen LogP contribution in [0.1, 0.15) is 34.9 Å². The van der Waals surface area contributed by atoms with Crippen LogP contribution in [0.25, 0.3) is 0 Å². The lowest BCUT2D eigenvalue weighted by molar-refractivity contribution is -0.135. The minimum atomic E-state index is -3.95. The first kappa shape index (κ1) is 27.1. The predicted octanol–water partition coefficient (Wildman–Crippen LogP) is 5.08. The van der Waals surface area contributed by atoms with Gasteiger partial charge in [-0.3, -0.25) is 4.79 Å². The largest absolute Gasteiger partial charge is 0.491 e. The summed E-state index contributed by atoms with van der Waals surface area (Å²) in [5.74, 6) is 0.477. The molecule has 2 aliphatic rings. The van der Waals surface area contributed by atoms with Crippen LogP contribution < -0.4 is 4.74 Å². The number of fused-ring (bicyclic) bond motifs is 1. The van der Waals surface area contributed by atoms with Gasteiger partial charge in [0.1, 0.15) is 12.4 Å². The number of sulfonamides is 1. The van der Waals surface area contributed by atoms with Crippen molar-refractivity contribution in [1.29, 1.82) is 0 Å². The summed E-state index contributed by atoms with van der Waals surface area (Å²) < 4.78 is 40.4. The molecule has 2 aromatic carbocycles. The van der Waals surface area contributed by atoms with E-state index in [-0.39, 0.29) is 42.6 Å². The van der Waals surface area contributed by atoms with Gasteiger partial charge < -0.3 is 14.4 Å². The maximum Gasteiger partial charge on any atom is 0.243 e. The van der Waals surface area contributed by atoms with Gasteiger partial charge in [-0.1, -0.05) is 29.3 Å². The summed E-state index contributed by atoms with van der Waals surface area (Å²) in [6.07, 6.45) is 2.12. The van der Waals surface area contributed by atoms with Crippen molar-refractivity contribution in [2.75, 3.05) is 32.8 Å². The fourth-order valence-corrected chi connectivity index (χ4v) is 7.42. The zero-order chi connectivity index (χ0) is 26.7. The molecule has 1 fully saturated rings. The number of carbonyl (C=O) groups is 1. The number of aryl methyl sites for hydroxylation is 1. The summed E-state index contributed by atoms with van der Waals surface area (Å²) in [5.41, 5.74) is 2.20. The number of nitrogens with zero attached hydrogens (tertiary/aromatic N) is 2. The number of thiophene rings is 1. The molecule has 7 nitrogen and oxygen atoms in total. The highest BCUT2D eigenvalue weighted by Gasteiger charge is 2.36. The molecule has 0 bridgehead atoms. The van der Waals surface area contributed by atoms with E-state index in [2.05, 4.69) is 0 Å². The fraction of sp³-hybridized carbons (Fsp3) is 0.393. The lowest BCUT2D eigenvalue weighted by Crippen LogP contribution is -2.49. The minimum absolute atomic E-state index is 0.103. The molecule has 0 saturated carbocycles. The normalized spacial score (nSPS) is 19.5. The predicted molar refractivity (Wildman–Crippen MR) is 148 cm³/mol. The van der Waals surface area contributed by atoms with E-state index < -0.39 is 10.0 Å². The zero-order valence-corrected chi connectivity index (χ0v) is 23.6. The smallest absolute Gasteiger partial charge is 0.243 e. The lowest BCUT2D eigenvalue weighted by Gasteiger charge is -2.37. The monoisotopic (exact) mass is 574 g/mol. The number of hydrogen-bond acceptors (Lipinski definition) is 6. The number of amides is 1. The lowest BCUT2D eigenvalue weighted by atomic mass is 10.0. The molecule has 0 N–H and O–H groups in total. The summed E-state index contributed by atoms with van der Waals surface area (Å²) in [6, 6.07) is 15.6. The molecule has 2 atom stereocenters. The number of hydrogen-bond donors (Lipinski definition) is 0. The molecule has 1 aromatic heterocycles. The molecule has 3 heterocycles. The summed E-state index contributed by atoms with van der Waals surface area (Å²) in [6.45, 7) is 3.25. The Morgan fingerprint density at radius 2 is 1.92 bits per heavy atom. The summed E-state index contributed by atoms with van der Waals surface area (Å²) >= 11 is 7.67. The van der Waals surface area contributed by atoms with Crippen LogP contribution in [0.5, 0.6) is 5.75 Å². The standard InChI is InChI=1S/C28H31ClN2O5S2/c1-20-4-8-22(9-5-20)36-19-26-25-13-16-37-27(25)12-14-31(26)28(32)18-30(17-23-3-2-15-35-23)38(33,34)24-10-6-21(29)7-11-24/h4-11,13,16,23,26H,2-3,12,14-15,17-19H2,1H3/t23-,26-/m1/s1. The summed E-state index contributed by atoms with van der Waals surface area (Å²) in [7, 11) is -3.95. The van der Waals surface area contributed by atoms with Crippen LogP contribution in [0.4, 0.5) is 0 Å². The second kappa shape index (κ2) is 11.8. The van der Waals surface area contributed by atoms with Gasteiger partial charge in [-0.05, 0) is 79.6 Å². The van der Waals surface area contributed by atoms with Gasteiger partial charge in [0.15, 0.2) is 0 Å². The highest BCUT2D eigenvalue weighted by Crippen LogP contribution is 2.34. The van der Waals surface area contributed by atoms with Gasteiger partial charge in [0.25, 0.3) is 0 Å². The first-order valence-electron chi connectivity index (χ1n) is 12.7. The second-order valence-electron chi connectivity index (χ2n) is 9.66. The van der Waals surface area contributed by atoms with Crippen molar-refractivity contribution < 1.29 is 22.7 Å². The minimum Gasteiger partial charge on any atom is -0.491 e. The molecule has 1 amide bonds. The quantitative estimate of drug-likeness (QED) is 0.356. The maximum absolute atomic E-state index is 13.8. The van der Waals surface area contributed by atoms with Crippen molar-refractivity contribution in [3.63, 3.8) is 0 Å².